The Balaban J connectivity index is 2.66. The van der Waals surface area contributed by atoms with Crippen molar-refractivity contribution in [3.8, 4) is 0 Å². The van der Waals surface area contributed by atoms with Crippen molar-refractivity contribution in [1.29, 1.82) is 0 Å². The Kier molecular flexibility index (Phi) is 4.29. The minimum absolute atomic E-state index is 0.214. The molecule has 15 heavy (non-hydrogen) atoms. The molecule has 0 spiro atoms. The van der Waals surface area contributed by atoms with Gasteiger partial charge in [0.15, 0.2) is 6.10 Å². The SMILES string of the molecule is C=CC[C@@H]1O[C@H](CC)[C@H](OC(C)=O)[C@H]1O. The van der Waals surface area contributed by atoms with E-state index in [0.29, 0.717) is 12.8 Å². The number of rotatable bonds is 4. The minimum Gasteiger partial charge on any atom is -0.457 e. The van der Waals surface area contributed by atoms with Gasteiger partial charge in [-0.05, 0) is 12.8 Å². The van der Waals surface area contributed by atoms with E-state index in [4.69, 9.17) is 9.47 Å². The Hall–Kier alpha value is -0.870. The van der Waals surface area contributed by atoms with Crippen molar-refractivity contribution in [3.63, 3.8) is 0 Å². The Morgan fingerprint density at radius 1 is 1.60 bits per heavy atom. The summed E-state index contributed by atoms with van der Waals surface area (Å²) in [5, 5.41) is 9.88. The first-order valence-corrected chi connectivity index (χ1v) is 5.21. The molecular weight excluding hydrogens is 196 g/mol. The molecule has 0 saturated carbocycles. The smallest absolute Gasteiger partial charge is 0.303 e. The van der Waals surface area contributed by atoms with E-state index in [-0.39, 0.29) is 18.2 Å². The largest absolute Gasteiger partial charge is 0.457 e. The second-order valence-electron chi connectivity index (χ2n) is 3.71. The molecule has 1 rings (SSSR count). The van der Waals surface area contributed by atoms with E-state index in [9.17, 15) is 9.90 Å². The fraction of sp³-hybridized carbons (Fsp3) is 0.727. The summed E-state index contributed by atoms with van der Waals surface area (Å²) >= 11 is 0. The maximum absolute atomic E-state index is 10.9. The summed E-state index contributed by atoms with van der Waals surface area (Å²) in [6.07, 6.45) is 1.15. The second kappa shape index (κ2) is 5.28. The molecule has 1 saturated heterocycles. The van der Waals surface area contributed by atoms with Gasteiger partial charge < -0.3 is 14.6 Å². The monoisotopic (exact) mass is 214 g/mol. The van der Waals surface area contributed by atoms with Crippen molar-refractivity contribution in [2.45, 2.75) is 51.1 Å². The Labute approximate surface area is 89.9 Å². The Bertz CT molecular complexity index is 239. The average Bonchev–Trinajstić information content (AvgIpc) is 2.46. The zero-order valence-electron chi connectivity index (χ0n) is 9.18. The van der Waals surface area contributed by atoms with Crippen LogP contribution in [0.5, 0.6) is 0 Å². The molecular formula is C11H18O4. The maximum Gasteiger partial charge on any atom is 0.303 e. The lowest BCUT2D eigenvalue weighted by atomic mass is 10.0. The third kappa shape index (κ3) is 2.79. The molecule has 0 aromatic rings. The standard InChI is InChI=1S/C11H18O4/c1-4-6-9-10(13)11(14-7(3)12)8(5-2)15-9/h4,8-11,13H,1,5-6H2,2-3H3/t8-,9+,10+,11+/m1/s1. The number of carbonyl (C=O) groups is 1. The molecule has 0 radical (unpaired) electrons. The van der Waals surface area contributed by atoms with Crippen molar-refractivity contribution in [1.82, 2.24) is 0 Å². The number of aliphatic hydroxyl groups excluding tert-OH is 1. The number of ether oxygens (including phenoxy) is 2. The first-order valence-electron chi connectivity index (χ1n) is 5.21. The molecule has 4 atom stereocenters. The van der Waals surface area contributed by atoms with E-state index in [1.54, 1.807) is 6.08 Å². The second-order valence-corrected chi connectivity index (χ2v) is 3.71. The number of carbonyl (C=O) groups excluding carboxylic acids is 1. The van der Waals surface area contributed by atoms with Crippen LogP contribution in [0.25, 0.3) is 0 Å². The van der Waals surface area contributed by atoms with Crippen molar-refractivity contribution in [2.75, 3.05) is 0 Å². The van der Waals surface area contributed by atoms with Gasteiger partial charge in [0.25, 0.3) is 0 Å². The molecule has 1 aliphatic heterocycles. The lowest BCUT2D eigenvalue weighted by molar-refractivity contribution is -0.152. The maximum atomic E-state index is 10.9. The normalized spacial score (nSPS) is 35.1. The van der Waals surface area contributed by atoms with Crippen molar-refractivity contribution in [2.24, 2.45) is 0 Å². The van der Waals surface area contributed by atoms with E-state index >= 15 is 0 Å². The van der Waals surface area contributed by atoms with Gasteiger partial charge in [0.05, 0.1) is 12.2 Å². The van der Waals surface area contributed by atoms with Crippen LogP contribution in [0.1, 0.15) is 26.7 Å². The third-order valence-corrected chi connectivity index (χ3v) is 2.54. The average molecular weight is 214 g/mol. The highest BCUT2D eigenvalue weighted by molar-refractivity contribution is 5.66. The van der Waals surface area contributed by atoms with Crippen LogP contribution in [0.4, 0.5) is 0 Å². The van der Waals surface area contributed by atoms with Crippen LogP contribution in [-0.2, 0) is 14.3 Å². The van der Waals surface area contributed by atoms with Crippen molar-refractivity contribution >= 4 is 5.97 Å². The molecule has 1 N–H and O–H groups in total. The summed E-state index contributed by atoms with van der Waals surface area (Å²) in [4.78, 5) is 10.9. The highest BCUT2D eigenvalue weighted by atomic mass is 16.6. The minimum atomic E-state index is -0.753. The van der Waals surface area contributed by atoms with Crippen LogP contribution in [0.3, 0.4) is 0 Å². The zero-order valence-corrected chi connectivity index (χ0v) is 9.18. The topological polar surface area (TPSA) is 55.8 Å². The van der Waals surface area contributed by atoms with E-state index < -0.39 is 12.2 Å². The molecule has 0 unspecified atom stereocenters. The molecule has 1 fully saturated rings. The molecule has 0 bridgehead atoms. The molecule has 86 valence electrons. The van der Waals surface area contributed by atoms with E-state index in [1.807, 2.05) is 6.92 Å². The van der Waals surface area contributed by atoms with Gasteiger partial charge >= 0.3 is 5.97 Å². The third-order valence-electron chi connectivity index (χ3n) is 2.54. The van der Waals surface area contributed by atoms with Gasteiger partial charge in [0.2, 0.25) is 0 Å². The molecule has 4 heteroatoms. The zero-order chi connectivity index (χ0) is 11.4. The van der Waals surface area contributed by atoms with Gasteiger partial charge in [-0.2, -0.15) is 0 Å². The first-order chi connectivity index (χ1) is 7.10. The first kappa shape index (κ1) is 12.2. The van der Waals surface area contributed by atoms with Crippen LogP contribution in [-0.4, -0.2) is 35.5 Å². The van der Waals surface area contributed by atoms with E-state index in [2.05, 4.69) is 6.58 Å². The van der Waals surface area contributed by atoms with Crippen LogP contribution in [0.2, 0.25) is 0 Å². The predicted molar refractivity (Wildman–Crippen MR) is 55.3 cm³/mol. The highest BCUT2D eigenvalue weighted by Gasteiger charge is 2.44. The molecule has 0 aromatic heterocycles. The van der Waals surface area contributed by atoms with Gasteiger partial charge in [-0.3, -0.25) is 4.79 Å². The quantitative estimate of drug-likeness (QED) is 0.561. The van der Waals surface area contributed by atoms with Crippen LogP contribution >= 0.6 is 0 Å². The van der Waals surface area contributed by atoms with Gasteiger partial charge in [-0.15, -0.1) is 6.58 Å². The molecule has 0 aliphatic carbocycles. The summed E-state index contributed by atoms with van der Waals surface area (Å²) in [7, 11) is 0. The number of esters is 1. The van der Waals surface area contributed by atoms with Crippen LogP contribution in [0, 0.1) is 0 Å². The Morgan fingerprint density at radius 3 is 2.73 bits per heavy atom. The molecule has 4 nitrogen and oxygen atoms in total. The van der Waals surface area contributed by atoms with Gasteiger partial charge in [0, 0.05) is 6.92 Å². The Morgan fingerprint density at radius 2 is 2.27 bits per heavy atom. The molecule has 1 heterocycles. The fourth-order valence-electron chi connectivity index (χ4n) is 1.84. The van der Waals surface area contributed by atoms with Gasteiger partial charge in [-0.25, -0.2) is 0 Å². The fourth-order valence-corrected chi connectivity index (χ4v) is 1.84. The lowest BCUT2D eigenvalue weighted by Crippen LogP contribution is -2.36. The van der Waals surface area contributed by atoms with Crippen molar-refractivity contribution < 1.29 is 19.4 Å². The number of hydrogen-bond acceptors (Lipinski definition) is 4. The summed E-state index contributed by atoms with van der Waals surface area (Å²) in [6, 6.07) is 0. The summed E-state index contributed by atoms with van der Waals surface area (Å²) in [5.41, 5.74) is 0. The van der Waals surface area contributed by atoms with Crippen LogP contribution < -0.4 is 0 Å². The molecule has 1 aliphatic rings. The summed E-state index contributed by atoms with van der Waals surface area (Å²) in [5.74, 6) is -0.389. The highest BCUT2D eigenvalue weighted by Crippen LogP contribution is 2.28. The number of aliphatic hydroxyl groups is 1. The van der Waals surface area contributed by atoms with E-state index in [1.165, 1.54) is 6.92 Å². The summed E-state index contributed by atoms with van der Waals surface area (Å²) in [6.45, 7) is 6.86. The lowest BCUT2D eigenvalue weighted by Gasteiger charge is -2.18. The van der Waals surface area contributed by atoms with Gasteiger partial charge in [0.1, 0.15) is 6.10 Å². The number of hydrogen-bond donors (Lipinski definition) is 1. The van der Waals surface area contributed by atoms with Crippen LogP contribution in [0.15, 0.2) is 12.7 Å². The van der Waals surface area contributed by atoms with Gasteiger partial charge in [-0.1, -0.05) is 13.0 Å². The van der Waals surface area contributed by atoms with E-state index in [0.717, 1.165) is 0 Å². The molecule has 0 amide bonds. The van der Waals surface area contributed by atoms with Crippen molar-refractivity contribution in [3.05, 3.63) is 12.7 Å². The predicted octanol–water partition coefficient (Wildman–Crippen LogP) is 1.03. The summed E-state index contributed by atoms with van der Waals surface area (Å²) < 4.78 is 10.6. The molecule has 0 aromatic carbocycles.